The molecule has 1 aromatic carbocycles. The number of carbonyl (C=O) groups excluding carboxylic acids is 1. The molecule has 0 aliphatic heterocycles. The predicted octanol–water partition coefficient (Wildman–Crippen LogP) is 2.66. The van der Waals surface area contributed by atoms with Crippen LogP contribution < -0.4 is 0 Å². The van der Waals surface area contributed by atoms with Gasteiger partial charge >= 0.3 is 5.97 Å². The van der Waals surface area contributed by atoms with Gasteiger partial charge in [0.05, 0.1) is 18.0 Å². The number of nitro benzene ring substituents is 1. The van der Waals surface area contributed by atoms with Gasteiger partial charge in [-0.15, -0.1) is 0 Å². The Morgan fingerprint density at radius 1 is 1.53 bits per heavy atom. The summed E-state index contributed by atoms with van der Waals surface area (Å²) in [5, 5.41) is 10.7. The van der Waals surface area contributed by atoms with Gasteiger partial charge in [-0.3, -0.25) is 14.9 Å². The van der Waals surface area contributed by atoms with Gasteiger partial charge in [0.2, 0.25) is 0 Å². The third-order valence-corrected chi connectivity index (χ3v) is 2.44. The summed E-state index contributed by atoms with van der Waals surface area (Å²) in [5.74, 6) is -0.378. The Kier molecular flexibility index (Phi) is 4.45. The molecule has 0 unspecified atom stereocenters. The molecule has 0 saturated heterocycles. The van der Waals surface area contributed by atoms with Gasteiger partial charge < -0.3 is 4.74 Å². The van der Waals surface area contributed by atoms with E-state index in [-0.39, 0.29) is 23.1 Å². The van der Waals surface area contributed by atoms with Crippen LogP contribution in [0.4, 0.5) is 5.69 Å². The molecule has 0 fully saturated rings. The van der Waals surface area contributed by atoms with Crippen LogP contribution in [0.2, 0.25) is 5.02 Å². The molecule has 5 nitrogen and oxygen atoms in total. The Balaban J connectivity index is 2.98. The number of hydrogen-bond acceptors (Lipinski definition) is 4. The zero-order chi connectivity index (χ0) is 13.0. The molecule has 0 aromatic heterocycles. The van der Waals surface area contributed by atoms with E-state index in [1.54, 1.807) is 19.9 Å². The number of esters is 1. The van der Waals surface area contributed by atoms with Crippen molar-refractivity contribution in [2.45, 2.75) is 20.3 Å². The van der Waals surface area contributed by atoms with Crippen molar-refractivity contribution in [1.29, 1.82) is 0 Å². The molecule has 17 heavy (non-hydrogen) atoms. The molecule has 0 atom stereocenters. The lowest BCUT2D eigenvalue weighted by atomic mass is 10.1. The molecule has 0 amide bonds. The Labute approximate surface area is 103 Å². The lowest BCUT2D eigenvalue weighted by Gasteiger charge is -2.05. The number of benzene rings is 1. The van der Waals surface area contributed by atoms with Crippen LogP contribution in [0.5, 0.6) is 0 Å². The first kappa shape index (κ1) is 13.4. The summed E-state index contributed by atoms with van der Waals surface area (Å²) >= 11 is 5.80. The number of aryl methyl sites for hydroxylation is 1. The van der Waals surface area contributed by atoms with Gasteiger partial charge in [-0.05, 0) is 31.5 Å². The van der Waals surface area contributed by atoms with Gasteiger partial charge in [0.1, 0.15) is 5.02 Å². The highest BCUT2D eigenvalue weighted by atomic mass is 35.5. The first-order valence-electron chi connectivity index (χ1n) is 5.04. The van der Waals surface area contributed by atoms with Crippen molar-refractivity contribution in [3.05, 3.63) is 38.4 Å². The SMILES string of the molecule is CCOC(=O)Cc1cc(C)c([N+](=O)[O-])c(Cl)c1. The third kappa shape index (κ3) is 3.42. The summed E-state index contributed by atoms with van der Waals surface area (Å²) in [6.45, 7) is 3.60. The van der Waals surface area contributed by atoms with Crippen molar-refractivity contribution in [2.75, 3.05) is 6.61 Å². The van der Waals surface area contributed by atoms with Crippen LogP contribution in [-0.2, 0) is 16.0 Å². The maximum absolute atomic E-state index is 11.3. The van der Waals surface area contributed by atoms with Crippen molar-refractivity contribution in [2.24, 2.45) is 0 Å². The molecule has 0 N–H and O–H groups in total. The summed E-state index contributed by atoms with van der Waals surface area (Å²) in [6, 6.07) is 2.99. The van der Waals surface area contributed by atoms with E-state index in [1.165, 1.54) is 6.07 Å². The number of hydrogen-bond donors (Lipinski definition) is 0. The second kappa shape index (κ2) is 5.63. The first-order chi connectivity index (χ1) is 7.95. The van der Waals surface area contributed by atoms with E-state index >= 15 is 0 Å². The molecule has 6 heteroatoms. The van der Waals surface area contributed by atoms with Gasteiger partial charge in [0.25, 0.3) is 5.69 Å². The van der Waals surface area contributed by atoms with Crippen molar-refractivity contribution in [1.82, 2.24) is 0 Å². The van der Waals surface area contributed by atoms with Crippen molar-refractivity contribution in [3.63, 3.8) is 0 Å². The number of halogens is 1. The number of rotatable bonds is 4. The van der Waals surface area contributed by atoms with E-state index in [0.717, 1.165) is 0 Å². The fraction of sp³-hybridized carbons (Fsp3) is 0.364. The molecule has 0 radical (unpaired) electrons. The molecule has 0 saturated carbocycles. The van der Waals surface area contributed by atoms with Gasteiger partial charge in [0, 0.05) is 5.56 Å². The number of nitro groups is 1. The zero-order valence-electron chi connectivity index (χ0n) is 9.53. The summed E-state index contributed by atoms with van der Waals surface area (Å²) in [4.78, 5) is 21.4. The average Bonchev–Trinajstić information content (AvgIpc) is 2.15. The highest BCUT2D eigenvalue weighted by Crippen LogP contribution is 2.29. The Morgan fingerprint density at radius 2 is 2.18 bits per heavy atom. The van der Waals surface area contributed by atoms with Crippen LogP contribution in [0.15, 0.2) is 12.1 Å². The quantitative estimate of drug-likeness (QED) is 0.472. The molecule has 1 rings (SSSR count). The van der Waals surface area contributed by atoms with E-state index in [9.17, 15) is 14.9 Å². The lowest BCUT2D eigenvalue weighted by molar-refractivity contribution is -0.385. The van der Waals surface area contributed by atoms with Crippen LogP contribution in [0, 0.1) is 17.0 Å². The van der Waals surface area contributed by atoms with Crippen LogP contribution in [-0.4, -0.2) is 17.5 Å². The predicted molar refractivity (Wildman–Crippen MR) is 63.2 cm³/mol. The Hall–Kier alpha value is -1.62. The topological polar surface area (TPSA) is 69.4 Å². The van der Waals surface area contributed by atoms with Crippen molar-refractivity contribution in [3.8, 4) is 0 Å². The molecular formula is C11H12ClNO4. The summed E-state index contributed by atoms with van der Waals surface area (Å²) in [6.07, 6.45) is 0.0619. The van der Waals surface area contributed by atoms with Crippen molar-refractivity contribution < 1.29 is 14.5 Å². The largest absolute Gasteiger partial charge is 0.466 e. The molecule has 0 aliphatic rings. The minimum absolute atomic E-state index is 0.0364. The second-order valence-corrected chi connectivity index (χ2v) is 3.89. The van der Waals surface area contributed by atoms with E-state index in [1.807, 2.05) is 0 Å². The van der Waals surface area contributed by atoms with Crippen LogP contribution in [0.3, 0.4) is 0 Å². The molecule has 0 heterocycles. The molecule has 92 valence electrons. The highest BCUT2D eigenvalue weighted by molar-refractivity contribution is 6.32. The maximum Gasteiger partial charge on any atom is 0.310 e. The Bertz CT molecular complexity index is 436. The normalized spacial score (nSPS) is 10.1. The summed E-state index contributed by atoms with van der Waals surface area (Å²) in [5.41, 5.74) is 0.914. The standard InChI is InChI=1S/C11H12ClNO4/c1-3-17-10(14)6-8-4-7(2)11(13(15)16)9(12)5-8/h4-5H,3,6H2,1-2H3. The highest BCUT2D eigenvalue weighted by Gasteiger charge is 2.18. The molecular weight excluding hydrogens is 246 g/mol. The number of nitrogens with zero attached hydrogens (tertiary/aromatic N) is 1. The molecule has 0 bridgehead atoms. The first-order valence-corrected chi connectivity index (χ1v) is 5.42. The van der Waals surface area contributed by atoms with Gasteiger partial charge in [-0.1, -0.05) is 11.6 Å². The summed E-state index contributed by atoms with van der Waals surface area (Å²) in [7, 11) is 0. The zero-order valence-corrected chi connectivity index (χ0v) is 10.3. The number of carbonyl (C=O) groups is 1. The van der Waals surface area contributed by atoms with Gasteiger partial charge in [0.15, 0.2) is 0 Å². The maximum atomic E-state index is 11.3. The molecule has 1 aromatic rings. The van der Waals surface area contributed by atoms with Crippen LogP contribution in [0.1, 0.15) is 18.1 Å². The number of ether oxygens (including phenoxy) is 1. The second-order valence-electron chi connectivity index (χ2n) is 3.48. The minimum atomic E-state index is -0.536. The van der Waals surface area contributed by atoms with E-state index in [0.29, 0.717) is 17.7 Å². The molecule has 0 spiro atoms. The average molecular weight is 258 g/mol. The third-order valence-electron chi connectivity index (χ3n) is 2.15. The van der Waals surface area contributed by atoms with E-state index in [4.69, 9.17) is 16.3 Å². The van der Waals surface area contributed by atoms with E-state index in [2.05, 4.69) is 0 Å². The monoisotopic (exact) mass is 257 g/mol. The van der Waals surface area contributed by atoms with E-state index < -0.39 is 4.92 Å². The van der Waals surface area contributed by atoms with Gasteiger partial charge in [-0.2, -0.15) is 0 Å². The Morgan fingerprint density at radius 3 is 2.65 bits per heavy atom. The van der Waals surface area contributed by atoms with Crippen LogP contribution in [0.25, 0.3) is 0 Å². The minimum Gasteiger partial charge on any atom is -0.466 e. The lowest BCUT2D eigenvalue weighted by Crippen LogP contribution is -2.08. The fourth-order valence-corrected chi connectivity index (χ4v) is 1.88. The van der Waals surface area contributed by atoms with Crippen LogP contribution >= 0.6 is 11.6 Å². The smallest absolute Gasteiger partial charge is 0.310 e. The molecule has 0 aliphatic carbocycles. The van der Waals surface area contributed by atoms with Gasteiger partial charge in [-0.25, -0.2) is 0 Å². The van der Waals surface area contributed by atoms with Crippen molar-refractivity contribution >= 4 is 23.3 Å². The fourth-order valence-electron chi connectivity index (χ4n) is 1.52. The summed E-state index contributed by atoms with van der Waals surface area (Å²) < 4.78 is 4.79.